The fourth-order valence-electron chi connectivity index (χ4n) is 3.04. The molecular weight excluding hydrogens is 350 g/mol. The van der Waals surface area contributed by atoms with E-state index in [0.717, 1.165) is 29.1 Å². The van der Waals surface area contributed by atoms with Gasteiger partial charge >= 0.3 is 6.09 Å². The summed E-state index contributed by atoms with van der Waals surface area (Å²) in [6.45, 7) is 0.956. The minimum absolute atomic E-state index is 0.0395. The minimum Gasteiger partial charge on any atom is -0.442 e. The number of nitrogens with zero attached hydrogens (tertiary/aromatic N) is 2. The smallest absolute Gasteiger partial charge is 0.410 e. The third-order valence-electron chi connectivity index (χ3n) is 4.60. The normalized spacial score (nSPS) is 19.5. The van der Waals surface area contributed by atoms with Crippen LogP contribution in [0.4, 0.5) is 4.79 Å². The lowest BCUT2D eigenvalue weighted by Gasteiger charge is -2.11. The van der Waals surface area contributed by atoms with E-state index in [4.69, 9.17) is 4.74 Å². The molecule has 2 fully saturated rings. The number of nitrogens with one attached hydrogen (secondary N) is 1. The second-order valence-corrected chi connectivity index (χ2v) is 7.63. The second kappa shape index (κ2) is 7.45. The molecule has 136 valence electrons. The average molecular weight is 371 g/mol. The highest BCUT2D eigenvalue weighted by Crippen LogP contribution is 2.30. The zero-order valence-electron chi connectivity index (χ0n) is 14.4. The molecule has 1 N–H and O–H groups in total. The van der Waals surface area contributed by atoms with Gasteiger partial charge in [-0.3, -0.25) is 4.79 Å². The lowest BCUT2D eigenvalue weighted by atomic mass is 10.2. The number of hydrogen-bond acceptors (Lipinski definition) is 5. The van der Waals surface area contributed by atoms with E-state index in [1.807, 2.05) is 35.7 Å². The van der Waals surface area contributed by atoms with Gasteiger partial charge < -0.3 is 15.0 Å². The van der Waals surface area contributed by atoms with E-state index in [9.17, 15) is 9.59 Å². The molecule has 0 spiro atoms. The van der Waals surface area contributed by atoms with Crippen LogP contribution in [-0.2, 0) is 16.0 Å². The van der Waals surface area contributed by atoms with Gasteiger partial charge in [0.05, 0.1) is 23.8 Å². The monoisotopic (exact) mass is 371 g/mol. The molecule has 1 unspecified atom stereocenters. The van der Waals surface area contributed by atoms with E-state index in [0.29, 0.717) is 32.0 Å². The topological polar surface area (TPSA) is 71.5 Å². The van der Waals surface area contributed by atoms with E-state index in [2.05, 4.69) is 10.3 Å². The van der Waals surface area contributed by atoms with Crippen molar-refractivity contribution < 1.29 is 14.3 Å². The Morgan fingerprint density at radius 2 is 2.12 bits per heavy atom. The number of aromatic nitrogens is 1. The molecule has 7 heteroatoms. The number of ether oxygens (including phenoxy) is 1. The molecule has 2 aromatic rings. The highest BCUT2D eigenvalue weighted by Gasteiger charge is 2.40. The van der Waals surface area contributed by atoms with E-state index in [1.165, 1.54) is 0 Å². The Hall–Kier alpha value is -2.41. The number of rotatable bonds is 7. The molecule has 6 nitrogen and oxygen atoms in total. The Kier molecular flexibility index (Phi) is 4.88. The van der Waals surface area contributed by atoms with Crippen LogP contribution in [0.5, 0.6) is 0 Å². The van der Waals surface area contributed by atoms with Crippen molar-refractivity contribution in [2.75, 3.05) is 13.1 Å². The maximum Gasteiger partial charge on any atom is 0.410 e. The summed E-state index contributed by atoms with van der Waals surface area (Å²) in [6, 6.07) is 10.4. The van der Waals surface area contributed by atoms with Crippen LogP contribution in [0.1, 0.15) is 24.3 Å². The molecule has 1 aliphatic heterocycles. The lowest BCUT2D eigenvalue weighted by molar-refractivity contribution is -0.121. The largest absolute Gasteiger partial charge is 0.442 e. The first-order chi connectivity index (χ1) is 12.7. The van der Waals surface area contributed by atoms with E-state index in [-0.39, 0.29) is 18.1 Å². The molecule has 1 atom stereocenters. The molecule has 1 aromatic carbocycles. The first-order valence-electron chi connectivity index (χ1n) is 8.93. The molecular formula is C19H21N3O3S. The van der Waals surface area contributed by atoms with Crippen LogP contribution < -0.4 is 5.32 Å². The first kappa shape index (κ1) is 17.0. The molecule has 26 heavy (non-hydrogen) atoms. The predicted octanol–water partition coefficient (Wildman–Crippen LogP) is 2.84. The van der Waals surface area contributed by atoms with Gasteiger partial charge in [0.2, 0.25) is 5.91 Å². The molecule has 1 saturated heterocycles. The Bertz CT molecular complexity index is 788. The fourth-order valence-corrected chi connectivity index (χ4v) is 3.84. The molecule has 1 aliphatic carbocycles. The molecule has 1 saturated carbocycles. The van der Waals surface area contributed by atoms with Gasteiger partial charge in [-0.25, -0.2) is 9.78 Å². The Morgan fingerprint density at radius 1 is 1.31 bits per heavy atom. The molecule has 0 bridgehead atoms. The van der Waals surface area contributed by atoms with Crippen molar-refractivity contribution in [3.63, 3.8) is 0 Å². The van der Waals surface area contributed by atoms with Gasteiger partial charge in [-0.05, 0) is 12.8 Å². The van der Waals surface area contributed by atoms with Crippen LogP contribution in [0, 0.1) is 0 Å². The van der Waals surface area contributed by atoms with Crippen molar-refractivity contribution in [1.82, 2.24) is 15.2 Å². The summed E-state index contributed by atoms with van der Waals surface area (Å²) in [5.74, 6) is -0.0395. The van der Waals surface area contributed by atoms with Gasteiger partial charge in [0, 0.05) is 29.8 Å². The van der Waals surface area contributed by atoms with E-state index >= 15 is 0 Å². The Morgan fingerprint density at radius 3 is 2.88 bits per heavy atom. The maximum absolute atomic E-state index is 12.1. The third kappa shape index (κ3) is 4.04. The second-order valence-electron chi connectivity index (χ2n) is 6.69. The summed E-state index contributed by atoms with van der Waals surface area (Å²) >= 11 is 1.57. The van der Waals surface area contributed by atoms with Crippen LogP contribution in [0.3, 0.4) is 0 Å². The van der Waals surface area contributed by atoms with Gasteiger partial charge in [0.15, 0.2) is 0 Å². The summed E-state index contributed by atoms with van der Waals surface area (Å²) in [6.07, 6.45) is 2.64. The summed E-state index contributed by atoms with van der Waals surface area (Å²) in [7, 11) is 0. The van der Waals surface area contributed by atoms with Crippen molar-refractivity contribution in [3.05, 3.63) is 40.7 Å². The summed E-state index contributed by atoms with van der Waals surface area (Å²) in [5, 5.41) is 5.84. The quantitative estimate of drug-likeness (QED) is 0.812. The zero-order chi connectivity index (χ0) is 17.9. The van der Waals surface area contributed by atoms with Crippen molar-refractivity contribution in [1.29, 1.82) is 0 Å². The van der Waals surface area contributed by atoms with Gasteiger partial charge in [-0.1, -0.05) is 30.3 Å². The van der Waals surface area contributed by atoms with Gasteiger partial charge in [0.1, 0.15) is 6.10 Å². The summed E-state index contributed by atoms with van der Waals surface area (Å²) < 4.78 is 5.30. The number of benzene rings is 1. The van der Waals surface area contributed by atoms with Crippen molar-refractivity contribution in [2.24, 2.45) is 0 Å². The Labute approximate surface area is 156 Å². The third-order valence-corrected chi connectivity index (χ3v) is 5.51. The van der Waals surface area contributed by atoms with Crippen molar-refractivity contribution >= 4 is 23.3 Å². The zero-order valence-corrected chi connectivity index (χ0v) is 15.2. The van der Waals surface area contributed by atoms with Crippen molar-refractivity contribution in [2.45, 2.75) is 37.8 Å². The fraction of sp³-hybridized carbons (Fsp3) is 0.421. The molecule has 2 amide bonds. The number of hydrogen-bond donors (Lipinski definition) is 1. The molecule has 1 aromatic heterocycles. The van der Waals surface area contributed by atoms with Gasteiger partial charge in [0.25, 0.3) is 0 Å². The number of amides is 2. The number of carbonyl (C=O) groups is 2. The van der Waals surface area contributed by atoms with Crippen molar-refractivity contribution in [3.8, 4) is 11.3 Å². The standard InChI is InChI=1S/C19H21N3O3S/c23-17(20-10-15-11-22(14-6-7-14)19(24)25-15)8-9-18-21-16(12-26-18)13-4-2-1-3-5-13/h1-5,12,14-15H,6-11H2,(H,20,23). The summed E-state index contributed by atoms with van der Waals surface area (Å²) in [4.78, 5) is 30.2. The molecule has 4 rings (SSSR count). The van der Waals surface area contributed by atoms with Crippen LogP contribution >= 0.6 is 11.3 Å². The van der Waals surface area contributed by atoms with Crippen LogP contribution in [-0.4, -0.2) is 47.1 Å². The number of carbonyl (C=O) groups excluding carboxylic acids is 2. The van der Waals surface area contributed by atoms with Crippen LogP contribution in [0.2, 0.25) is 0 Å². The number of aryl methyl sites for hydroxylation is 1. The highest BCUT2D eigenvalue weighted by atomic mass is 32.1. The Balaban J connectivity index is 1.21. The number of thiazole rings is 1. The van der Waals surface area contributed by atoms with Crippen LogP contribution in [0.15, 0.2) is 35.7 Å². The van der Waals surface area contributed by atoms with Gasteiger partial charge in [-0.2, -0.15) is 0 Å². The molecule has 2 aliphatic rings. The predicted molar refractivity (Wildman–Crippen MR) is 98.9 cm³/mol. The SMILES string of the molecule is O=C(CCc1nc(-c2ccccc2)cs1)NCC1CN(C2CC2)C(=O)O1. The number of cyclic esters (lactones) is 1. The maximum atomic E-state index is 12.1. The van der Waals surface area contributed by atoms with Gasteiger partial charge in [-0.15, -0.1) is 11.3 Å². The van der Waals surface area contributed by atoms with Crippen LogP contribution in [0.25, 0.3) is 11.3 Å². The highest BCUT2D eigenvalue weighted by molar-refractivity contribution is 7.09. The molecule has 0 radical (unpaired) electrons. The summed E-state index contributed by atoms with van der Waals surface area (Å²) in [5.41, 5.74) is 2.03. The molecule has 2 heterocycles. The first-order valence-corrected chi connectivity index (χ1v) is 9.81. The average Bonchev–Trinajstić information content (AvgIpc) is 3.27. The van der Waals surface area contributed by atoms with E-state index < -0.39 is 0 Å². The minimum atomic E-state index is -0.247. The lowest BCUT2D eigenvalue weighted by Crippen LogP contribution is -2.35. The van der Waals surface area contributed by atoms with E-state index in [1.54, 1.807) is 16.2 Å².